The molecule has 0 aromatic carbocycles. The average Bonchev–Trinajstić information content (AvgIpc) is 2.78. The van der Waals surface area contributed by atoms with E-state index in [2.05, 4.69) is 6.92 Å². The van der Waals surface area contributed by atoms with Gasteiger partial charge in [-0.15, -0.1) is 0 Å². The molecule has 0 aliphatic carbocycles. The molecule has 0 aromatic rings. The van der Waals surface area contributed by atoms with Crippen LogP contribution in [0.15, 0.2) is 0 Å². The van der Waals surface area contributed by atoms with Gasteiger partial charge in [0.25, 0.3) is 0 Å². The van der Waals surface area contributed by atoms with Gasteiger partial charge in [0.2, 0.25) is 11.8 Å². The van der Waals surface area contributed by atoms with E-state index in [-0.39, 0.29) is 17.9 Å². The summed E-state index contributed by atoms with van der Waals surface area (Å²) in [6.07, 6.45) is 3.99. The van der Waals surface area contributed by atoms with Gasteiger partial charge >= 0.3 is 0 Å². The van der Waals surface area contributed by atoms with Crippen molar-refractivity contribution in [3.8, 4) is 0 Å². The lowest BCUT2D eigenvalue weighted by molar-refractivity contribution is -0.143. The van der Waals surface area contributed by atoms with Crippen LogP contribution >= 0.6 is 0 Å². The molecule has 2 amide bonds. The predicted molar refractivity (Wildman–Crippen MR) is 65.4 cm³/mol. The largest absolute Gasteiger partial charge is 0.341 e. The first-order chi connectivity index (χ1) is 8.09. The van der Waals surface area contributed by atoms with E-state index in [0.717, 1.165) is 51.2 Å². The molecule has 2 aliphatic heterocycles. The van der Waals surface area contributed by atoms with E-state index in [0.29, 0.717) is 0 Å². The minimum Gasteiger partial charge on any atom is -0.341 e. The van der Waals surface area contributed by atoms with E-state index in [1.165, 1.54) is 0 Å². The first-order valence-electron chi connectivity index (χ1n) is 6.65. The second-order valence-corrected chi connectivity index (χ2v) is 5.38. The minimum absolute atomic E-state index is 0.0335. The highest BCUT2D eigenvalue weighted by molar-refractivity contribution is 5.87. The Morgan fingerprint density at radius 1 is 1.06 bits per heavy atom. The van der Waals surface area contributed by atoms with Gasteiger partial charge in [-0.25, -0.2) is 0 Å². The summed E-state index contributed by atoms with van der Waals surface area (Å²) in [5, 5.41) is 0. The molecule has 1 atom stereocenters. The van der Waals surface area contributed by atoms with Crippen LogP contribution in [-0.4, -0.2) is 47.3 Å². The molecule has 0 aromatic heterocycles. The summed E-state index contributed by atoms with van der Waals surface area (Å²) in [6, 6.07) is -0.180. The number of piperidine rings is 1. The van der Waals surface area contributed by atoms with E-state index in [1.807, 2.05) is 4.90 Å². The normalized spacial score (nSPS) is 26.4. The number of carbonyl (C=O) groups is 2. The van der Waals surface area contributed by atoms with Crippen molar-refractivity contribution in [3.63, 3.8) is 0 Å². The highest BCUT2D eigenvalue weighted by Gasteiger charge is 2.35. The molecule has 2 aliphatic rings. The van der Waals surface area contributed by atoms with Crippen LogP contribution in [0.25, 0.3) is 0 Å². The number of hydrogen-bond donors (Lipinski definition) is 0. The molecule has 0 N–H and O–H groups in total. The molecular formula is C13H22N2O2. The third-order valence-electron chi connectivity index (χ3n) is 4.04. The number of rotatable bonds is 1. The van der Waals surface area contributed by atoms with Crippen molar-refractivity contribution in [2.75, 3.05) is 19.6 Å². The zero-order valence-corrected chi connectivity index (χ0v) is 10.8. The number of hydrogen-bond acceptors (Lipinski definition) is 2. The zero-order valence-electron chi connectivity index (χ0n) is 10.8. The maximum Gasteiger partial charge on any atom is 0.245 e. The Bertz CT molecular complexity index is 309. The van der Waals surface area contributed by atoms with E-state index >= 15 is 0 Å². The quantitative estimate of drug-likeness (QED) is 0.690. The SMILES string of the molecule is CC(=O)N1CCC[C@@H]1C(=O)N1CCC(C)CC1. The van der Waals surface area contributed by atoms with Crippen molar-refractivity contribution in [1.29, 1.82) is 0 Å². The van der Waals surface area contributed by atoms with Crippen LogP contribution in [0.4, 0.5) is 0 Å². The van der Waals surface area contributed by atoms with Crippen LogP contribution in [0.5, 0.6) is 0 Å². The summed E-state index contributed by atoms with van der Waals surface area (Å²) in [5.74, 6) is 0.933. The standard InChI is InChI=1S/C13H22N2O2/c1-10-5-8-14(9-6-10)13(17)12-4-3-7-15(12)11(2)16/h10,12H,3-9H2,1-2H3/t12-/m1/s1. The van der Waals surface area contributed by atoms with E-state index in [9.17, 15) is 9.59 Å². The van der Waals surface area contributed by atoms with E-state index < -0.39 is 0 Å². The molecule has 96 valence electrons. The first-order valence-corrected chi connectivity index (χ1v) is 6.65. The van der Waals surface area contributed by atoms with Gasteiger partial charge in [0, 0.05) is 26.6 Å². The molecular weight excluding hydrogens is 216 g/mol. The van der Waals surface area contributed by atoms with Crippen molar-refractivity contribution in [1.82, 2.24) is 9.80 Å². The van der Waals surface area contributed by atoms with Crippen molar-refractivity contribution < 1.29 is 9.59 Å². The van der Waals surface area contributed by atoms with Gasteiger partial charge in [0.05, 0.1) is 0 Å². The smallest absolute Gasteiger partial charge is 0.245 e. The van der Waals surface area contributed by atoms with Crippen molar-refractivity contribution in [3.05, 3.63) is 0 Å². The fourth-order valence-electron chi connectivity index (χ4n) is 2.84. The molecule has 2 heterocycles. The average molecular weight is 238 g/mol. The number of amides is 2. The van der Waals surface area contributed by atoms with Crippen LogP contribution in [-0.2, 0) is 9.59 Å². The Kier molecular flexibility index (Phi) is 3.69. The molecule has 2 fully saturated rings. The molecule has 0 saturated carbocycles. The maximum atomic E-state index is 12.4. The van der Waals surface area contributed by atoms with Gasteiger partial charge in [-0.3, -0.25) is 9.59 Å². The van der Waals surface area contributed by atoms with Crippen molar-refractivity contribution >= 4 is 11.8 Å². The molecule has 0 spiro atoms. The Labute approximate surface area is 103 Å². The third-order valence-corrected chi connectivity index (χ3v) is 4.04. The lowest BCUT2D eigenvalue weighted by atomic mass is 9.98. The fourth-order valence-corrected chi connectivity index (χ4v) is 2.84. The Hall–Kier alpha value is -1.06. The molecule has 17 heavy (non-hydrogen) atoms. The van der Waals surface area contributed by atoms with E-state index in [1.54, 1.807) is 11.8 Å². The van der Waals surface area contributed by atoms with Gasteiger partial charge in [-0.05, 0) is 31.6 Å². The monoisotopic (exact) mass is 238 g/mol. The van der Waals surface area contributed by atoms with Gasteiger partial charge in [0.15, 0.2) is 0 Å². The molecule has 0 radical (unpaired) electrons. The predicted octanol–water partition coefficient (Wildman–Crippen LogP) is 1.26. The third kappa shape index (κ3) is 2.61. The summed E-state index contributed by atoms with van der Waals surface area (Å²) in [4.78, 5) is 27.5. The number of carbonyl (C=O) groups excluding carboxylic acids is 2. The molecule has 0 bridgehead atoms. The van der Waals surface area contributed by atoms with Crippen LogP contribution < -0.4 is 0 Å². The van der Waals surface area contributed by atoms with Crippen molar-refractivity contribution in [2.24, 2.45) is 5.92 Å². The van der Waals surface area contributed by atoms with Gasteiger partial charge in [-0.2, -0.15) is 0 Å². The number of likely N-dealkylation sites (tertiary alicyclic amines) is 2. The summed E-state index contributed by atoms with van der Waals surface area (Å²) in [7, 11) is 0. The molecule has 2 rings (SSSR count). The lowest BCUT2D eigenvalue weighted by Crippen LogP contribution is -2.49. The summed E-state index contributed by atoms with van der Waals surface area (Å²) >= 11 is 0. The maximum absolute atomic E-state index is 12.4. The Balaban J connectivity index is 1.97. The summed E-state index contributed by atoms with van der Waals surface area (Å²) in [5.41, 5.74) is 0. The zero-order chi connectivity index (χ0) is 12.4. The van der Waals surface area contributed by atoms with Crippen LogP contribution in [0, 0.1) is 5.92 Å². The van der Waals surface area contributed by atoms with E-state index in [4.69, 9.17) is 0 Å². The molecule has 0 unspecified atom stereocenters. The highest BCUT2D eigenvalue weighted by Crippen LogP contribution is 2.23. The van der Waals surface area contributed by atoms with Crippen LogP contribution in [0.2, 0.25) is 0 Å². The Morgan fingerprint density at radius 3 is 2.29 bits per heavy atom. The summed E-state index contributed by atoms with van der Waals surface area (Å²) < 4.78 is 0. The number of nitrogens with zero attached hydrogens (tertiary/aromatic N) is 2. The lowest BCUT2D eigenvalue weighted by Gasteiger charge is -2.34. The molecule has 4 nitrogen and oxygen atoms in total. The minimum atomic E-state index is -0.180. The Morgan fingerprint density at radius 2 is 1.71 bits per heavy atom. The van der Waals surface area contributed by atoms with Crippen LogP contribution in [0.1, 0.15) is 39.5 Å². The van der Waals surface area contributed by atoms with Gasteiger partial charge < -0.3 is 9.80 Å². The second-order valence-electron chi connectivity index (χ2n) is 5.38. The first kappa shape index (κ1) is 12.4. The van der Waals surface area contributed by atoms with Gasteiger partial charge in [-0.1, -0.05) is 6.92 Å². The topological polar surface area (TPSA) is 40.6 Å². The highest BCUT2D eigenvalue weighted by atomic mass is 16.2. The summed E-state index contributed by atoms with van der Waals surface area (Å²) in [6.45, 7) is 6.27. The second kappa shape index (κ2) is 5.07. The van der Waals surface area contributed by atoms with Gasteiger partial charge in [0.1, 0.15) is 6.04 Å². The molecule has 4 heteroatoms. The van der Waals surface area contributed by atoms with Crippen molar-refractivity contribution in [2.45, 2.75) is 45.6 Å². The van der Waals surface area contributed by atoms with Crippen LogP contribution in [0.3, 0.4) is 0 Å². The molecule has 2 saturated heterocycles. The fraction of sp³-hybridized carbons (Fsp3) is 0.846.